The van der Waals surface area contributed by atoms with Crippen LogP contribution in [-0.4, -0.2) is 94.2 Å². The molecule has 2 aromatic carbocycles. The number of aliphatic carboxylic acids is 2. The number of ether oxygens (including phenoxy) is 6. The molecule has 0 bridgehead atoms. The van der Waals surface area contributed by atoms with Crippen LogP contribution in [0.15, 0.2) is 48.5 Å². The summed E-state index contributed by atoms with van der Waals surface area (Å²) in [4.78, 5) is 108. The van der Waals surface area contributed by atoms with Gasteiger partial charge in [0.25, 0.3) is 11.4 Å². The van der Waals surface area contributed by atoms with E-state index in [1.165, 1.54) is 24.3 Å². The number of carboxylic acid groups (broad SMARTS) is 2. The molecule has 22 heteroatoms. The van der Waals surface area contributed by atoms with Gasteiger partial charge in [0.2, 0.25) is 0 Å². The summed E-state index contributed by atoms with van der Waals surface area (Å²) >= 11 is 0. The molecule has 0 spiro atoms. The summed E-state index contributed by atoms with van der Waals surface area (Å²) in [6.07, 6.45) is -1.60. The number of esters is 6. The predicted octanol–water partition coefficient (Wildman–Crippen LogP) is 0.903. The molecule has 50 heavy (non-hydrogen) atoms. The summed E-state index contributed by atoms with van der Waals surface area (Å²) in [6, 6.07) is 9.29. The third kappa shape index (κ3) is 18.8. The average Bonchev–Trinajstić information content (AvgIpc) is 3.06. The van der Waals surface area contributed by atoms with E-state index in [4.69, 9.17) is 19.7 Å². The first-order valence-corrected chi connectivity index (χ1v) is 13.5. The molecule has 0 aliphatic carbocycles. The Bertz CT molecular complexity index is 1450. The Morgan fingerprint density at radius 2 is 0.720 bits per heavy atom. The van der Waals surface area contributed by atoms with Crippen LogP contribution in [0, 0.1) is 20.2 Å². The molecule has 0 amide bonds. The fourth-order valence-corrected chi connectivity index (χ4v) is 2.85. The van der Waals surface area contributed by atoms with Crippen LogP contribution in [0.5, 0.6) is 11.5 Å². The molecule has 0 aromatic heterocycles. The molecule has 0 atom stereocenters. The van der Waals surface area contributed by atoms with Gasteiger partial charge in [-0.3, -0.25) is 39.4 Å². The topological polar surface area (TPSA) is 319 Å². The van der Waals surface area contributed by atoms with E-state index in [2.05, 4.69) is 18.9 Å². The van der Waals surface area contributed by atoms with Crippen molar-refractivity contribution in [3.63, 3.8) is 0 Å². The summed E-state index contributed by atoms with van der Waals surface area (Å²) in [6.45, 7) is -3.06. The fraction of sp³-hybridized carbons (Fsp3) is 0.286. The number of hydrogen-bond donors (Lipinski definition) is 2. The van der Waals surface area contributed by atoms with Crippen molar-refractivity contribution in [1.82, 2.24) is 0 Å². The maximum atomic E-state index is 11.6. The van der Waals surface area contributed by atoms with E-state index in [1.807, 2.05) is 0 Å². The number of benzene rings is 2. The molecule has 0 saturated heterocycles. The Morgan fingerprint density at radius 1 is 0.460 bits per heavy atom. The van der Waals surface area contributed by atoms with Gasteiger partial charge >= 0.3 is 47.8 Å². The van der Waals surface area contributed by atoms with Gasteiger partial charge in [0.1, 0.15) is 11.5 Å². The smallest absolute Gasteiger partial charge is 0.349 e. The van der Waals surface area contributed by atoms with Crippen molar-refractivity contribution in [2.75, 3.05) is 26.4 Å². The molecule has 0 heterocycles. The normalized spacial score (nSPS) is 9.76. The highest BCUT2D eigenvalue weighted by atomic mass is 16.6. The zero-order valence-electron chi connectivity index (χ0n) is 25.4. The molecule has 0 radical (unpaired) electrons. The number of carbonyl (C=O) groups excluding carboxylic acids is 6. The van der Waals surface area contributed by atoms with Gasteiger partial charge in [-0.2, -0.15) is 0 Å². The monoisotopic (exact) mass is 710 g/mol. The van der Waals surface area contributed by atoms with Crippen LogP contribution in [0.4, 0.5) is 11.4 Å². The van der Waals surface area contributed by atoms with Crippen LogP contribution < -0.4 is 9.47 Å². The quantitative estimate of drug-likeness (QED) is 0.0713. The zero-order valence-corrected chi connectivity index (χ0v) is 25.4. The van der Waals surface area contributed by atoms with Gasteiger partial charge in [-0.15, -0.1) is 0 Å². The van der Waals surface area contributed by atoms with Gasteiger partial charge in [-0.05, 0) is 24.3 Å². The minimum atomic E-state index is -1.30. The number of hydrogen-bond acceptors (Lipinski definition) is 18. The maximum Gasteiger partial charge on any atom is 0.349 e. The average molecular weight is 711 g/mol. The standard InChI is InChI=1S/C20H16N2O12.C8H10O8/c23-17(31-11-19(25)33-15-5-1-13(2-6-15)21(27)28)9-10-18(24)32-12-20(26)34-16-7-3-14(4-8-16)22(29)30;9-5(10)3-15-7(13)1-2-8(14)16-4-6(11)12/h1-8H,9-12H2;1-4H2,(H,9,10)(H,11,12). The lowest BCUT2D eigenvalue weighted by Gasteiger charge is -2.07. The summed E-state index contributed by atoms with van der Waals surface area (Å²) in [5, 5.41) is 37.4. The molecule has 0 saturated carbocycles. The molecule has 0 aliphatic heterocycles. The highest BCUT2D eigenvalue weighted by Crippen LogP contribution is 2.18. The van der Waals surface area contributed by atoms with E-state index in [9.17, 15) is 58.6 Å². The van der Waals surface area contributed by atoms with Crippen molar-refractivity contribution < 1.29 is 86.8 Å². The SMILES string of the molecule is O=C(CCC(=O)OCC(=O)Oc1ccc([N+](=O)[O-])cc1)OCC(=O)Oc1ccc([N+](=O)[O-])cc1.O=C(O)COC(=O)CCC(=O)OCC(=O)O. The van der Waals surface area contributed by atoms with Crippen molar-refractivity contribution in [2.24, 2.45) is 0 Å². The first-order valence-electron chi connectivity index (χ1n) is 13.5. The molecule has 2 aromatic rings. The van der Waals surface area contributed by atoms with Gasteiger partial charge in [-0.25, -0.2) is 19.2 Å². The summed E-state index contributed by atoms with van der Waals surface area (Å²) < 4.78 is 27.4. The third-order valence-electron chi connectivity index (χ3n) is 5.04. The molecule has 22 nitrogen and oxygen atoms in total. The molecule has 268 valence electrons. The second-order valence-electron chi connectivity index (χ2n) is 8.88. The lowest BCUT2D eigenvalue weighted by atomic mass is 10.3. The third-order valence-corrected chi connectivity index (χ3v) is 5.04. The van der Waals surface area contributed by atoms with Crippen molar-refractivity contribution in [3.05, 3.63) is 68.8 Å². The minimum absolute atomic E-state index is 0.0100. The molecule has 0 unspecified atom stereocenters. The highest BCUT2D eigenvalue weighted by molar-refractivity contribution is 5.82. The van der Waals surface area contributed by atoms with Crippen LogP contribution in [0.1, 0.15) is 25.7 Å². The number of nitrogens with zero attached hydrogens (tertiary/aromatic N) is 2. The number of rotatable bonds is 18. The van der Waals surface area contributed by atoms with Crippen molar-refractivity contribution in [2.45, 2.75) is 25.7 Å². The van der Waals surface area contributed by atoms with Crippen molar-refractivity contribution in [1.29, 1.82) is 0 Å². The lowest BCUT2D eigenvalue weighted by molar-refractivity contribution is -0.385. The maximum absolute atomic E-state index is 11.6. The Morgan fingerprint density at radius 3 is 0.960 bits per heavy atom. The lowest BCUT2D eigenvalue weighted by Crippen LogP contribution is -2.21. The van der Waals surface area contributed by atoms with Crippen LogP contribution in [0.25, 0.3) is 0 Å². The number of non-ortho nitro benzene ring substituents is 2. The van der Waals surface area contributed by atoms with Crippen LogP contribution in [-0.2, 0) is 57.3 Å². The number of nitro benzene ring substituents is 2. The van der Waals surface area contributed by atoms with Crippen LogP contribution in [0.3, 0.4) is 0 Å². The van der Waals surface area contributed by atoms with Crippen LogP contribution >= 0.6 is 0 Å². The van der Waals surface area contributed by atoms with Gasteiger partial charge in [0.15, 0.2) is 26.4 Å². The van der Waals surface area contributed by atoms with Gasteiger partial charge < -0.3 is 38.6 Å². The molecular weight excluding hydrogens is 684 g/mol. The Hall–Kier alpha value is -7.00. The van der Waals surface area contributed by atoms with Gasteiger partial charge in [0, 0.05) is 24.3 Å². The Balaban J connectivity index is 0.000000657. The zero-order chi connectivity index (χ0) is 37.6. The van der Waals surface area contributed by atoms with E-state index in [-0.39, 0.29) is 35.7 Å². The first-order chi connectivity index (χ1) is 23.5. The van der Waals surface area contributed by atoms with Gasteiger partial charge in [0.05, 0.1) is 35.5 Å². The van der Waals surface area contributed by atoms with E-state index in [0.29, 0.717) is 0 Å². The summed E-state index contributed by atoms with van der Waals surface area (Å²) in [5.41, 5.74) is -0.393. The van der Waals surface area contributed by atoms with E-state index in [1.54, 1.807) is 0 Å². The predicted molar refractivity (Wildman–Crippen MR) is 155 cm³/mol. The number of carbonyl (C=O) groups is 8. The molecular formula is C28H26N2O20. The largest absolute Gasteiger partial charge is 0.479 e. The molecule has 2 N–H and O–H groups in total. The van der Waals surface area contributed by atoms with E-state index >= 15 is 0 Å². The highest BCUT2D eigenvalue weighted by Gasteiger charge is 2.16. The van der Waals surface area contributed by atoms with Crippen molar-refractivity contribution in [3.8, 4) is 11.5 Å². The van der Waals surface area contributed by atoms with E-state index in [0.717, 1.165) is 24.3 Å². The second kappa shape index (κ2) is 21.7. The fourth-order valence-electron chi connectivity index (χ4n) is 2.85. The first kappa shape index (κ1) is 41.0. The van der Waals surface area contributed by atoms with Crippen molar-refractivity contribution >= 4 is 59.1 Å². The minimum Gasteiger partial charge on any atom is -0.479 e. The summed E-state index contributed by atoms with van der Waals surface area (Å²) in [5.74, 6) is -8.03. The number of carboxylic acids is 2. The van der Waals surface area contributed by atoms with E-state index < -0.39 is 96.9 Å². The molecule has 0 fully saturated rings. The summed E-state index contributed by atoms with van der Waals surface area (Å²) in [7, 11) is 0. The second-order valence-corrected chi connectivity index (χ2v) is 8.88. The Labute approximate surface area is 278 Å². The molecule has 0 aliphatic rings. The number of nitro groups is 2. The van der Waals surface area contributed by atoms with Crippen LogP contribution in [0.2, 0.25) is 0 Å². The molecule has 2 rings (SSSR count). The van der Waals surface area contributed by atoms with Gasteiger partial charge in [-0.1, -0.05) is 0 Å². The Kier molecular flexibility index (Phi) is 17.8.